The van der Waals surface area contributed by atoms with E-state index in [2.05, 4.69) is 51.4 Å². The van der Waals surface area contributed by atoms with Crippen molar-refractivity contribution in [1.82, 2.24) is 10.2 Å². The standard InChI is InChI=1S/C19H30N4O2/c1-20-19(22(2)14-17-7-10-25-15-17)21-13-16-3-5-18(6-4-16)23-8-11-24-12-9-23/h3-6,17H,7-15H2,1-2H3,(H,20,21). The molecule has 6 heteroatoms. The number of hydrogen-bond donors (Lipinski definition) is 1. The van der Waals surface area contributed by atoms with Crippen LogP contribution in [0.2, 0.25) is 0 Å². The lowest BCUT2D eigenvalue weighted by Gasteiger charge is -2.29. The first-order chi connectivity index (χ1) is 12.3. The van der Waals surface area contributed by atoms with Crippen LogP contribution in [0.25, 0.3) is 0 Å². The fourth-order valence-electron chi connectivity index (χ4n) is 3.41. The number of benzene rings is 1. The number of aliphatic imine (C=N–C) groups is 1. The van der Waals surface area contributed by atoms with Gasteiger partial charge in [0.1, 0.15) is 0 Å². The van der Waals surface area contributed by atoms with Crippen molar-refractivity contribution < 1.29 is 9.47 Å². The van der Waals surface area contributed by atoms with Crippen molar-refractivity contribution in [1.29, 1.82) is 0 Å². The lowest BCUT2D eigenvalue weighted by molar-refractivity contribution is 0.122. The molecule has 138 valence electrons. The smallest absolute Gasteiger partial charge is 0.193 e. The van der Waals surface area contributed by atoms with Crippen molar-refractivity contribution in [3.63, 3.8) is 0 Å². The maximum atomic E-state index is 5.46. The van der Waals surface area contributed by atoms with Crippen LogP contribution in [0.5, 0.6) is 0 Å². The highest BCUT2D eigenvalue weighted by Gasteiger charge is 2.19. The second-order valence-corrected chi connectivity index (χ2v) is 6.78. The summed E-state index contributed by atoms with van der Waals surface area (Å²) in [6, 6.07) is 8.78. The Kier molecular flexibility index (Phi) is 6.53. The summed E-state index contributed by atoms with van der Waals surface area (Å²) < 4.78 is 10.9. The Morgan fingerprint density at radius 1 is 1.20 bits per heavy atom. The molecule has 1 atom stereocenters. The number of nitrogens with zero attached hydrogens (tertiary/aromatic N) is 3. The van der Waals surface area contributed by atoms with Gasteiger partial charge in [0, 0.05) is 58.5 Å². The van der Waals surface area contributed by atoms with Crippen LogP contribution in [0.3, 0.4) is 0 Å². The van der Waals surface area contributed by atoms with Gasteiger partial charge in [0.2, 0.25) is 0 Å². The normalized spacial score (nSPS) is 21.4. The van der Waals surface area contributed by atoms with Gasteiger partial charge in [-0.25, -0.2) is 0 Å². The van der Waals surface area contributed by atoms with Crippen LogP contribution >= 0.6 is 0 Å². The van der Waals surface area contributed by atoms with E-state index in [4.69, 9.17) is 9.47 Å². The van der Waals surface area contributed by atoms with Crippen molar-refractivity contribution >= 4 is 11.6 Å². The predicted octanol–water partition coefficient (Wildman–Crippen LogP) is 1.57. The van der Waals surface area contributed by atoms with Crippen LogP contribution in [0, 0.1) is 5.92 Å². The second kappa shape index (κ2) is 9.06. The van der Waals surface area contributed by atoms with Crippen molar-refractivity contribution in [3.8, 4) is 0 Å². The van der Waals surface area contributed by atoms with Gasteiger partial charge in [-0.3, -0.25) is 4.99 Å². The van der Waals surface area contributed by atoms with Gasteiger partial charge in [-0.15, -0.1) is 0 Å². The topological polar surface area (TPSA) is 49.3 Å². The largest absolute Gasteiger partial charge is 0.381 e. The summed E-state index contributed by atoms with van der Waals surface area (Å²) in [6.07, 6.45) is 1.14. The molecule has 2 heterocycles. The third-order valence-corrected chi connectivity index (χ3v) is 4.89. The Hall–Kier alpha value is -1.79. The van der Waals surface area contributed by atoms with Crippen LogP contribution in [-0.4, -0.2) is 71.0 Å². The molecule has 1 N–H and O–H groups in total. The minimum absolute atomic E-state index is 0.608. The summed E-state index contributed by atoms with van der Waals surface area (Å²) in [6.45, 7) is 7.09. The van der Waals surface area contributed by atoms with Gasteiger partial charge in [0.05, 0.1) is 19.8 Å². The van der Waals surface area contributed by atoms with E-state index in [1.54, 1.807) is 0 Å². The molecule has 25 heavy (non-hydrogen) atoms. The molecule has 2 fully saturated rings. The fraction of sp³-hybridized carbons (Fsp3) is 0.632. The van der Waals surface area contributed by atoms with Crippen LogP contribution in [0.1, 0.15) is 12.0 Å². The monoisotopic (exact) mass is 346 g/mol. The Morgan fingerprint density at radius 2 is 1.96 bits per heavy atom. The van der Waals surface area contributed by atoms with E-state index in [9.17, 15) is 0 Å². The van der Waals surface area contributed by atoms with Gasteiger partial charge in [-0.05, 0) is 24.1 Å². The molecular formula is C19H30N4O2. The first-order valence-electron chi connectivity index (χ1n) is 9.17. The summed E-state index contributed by atoms with van der Waals surface area (Å²) >= 11 is 0. The van der Waals surface area contributed by atoms with Gasteiger partial charge < -0.3 is 24.6 Å². The molecule has 6 nitrogen and oxygen atoms in total. The highest BCUT2D eigenvalue weighted by molar-refractivity contribution is 5.79. The second-order valence-electron chi connectivity index (χ2n) is 6.78. The molecule has 3 rings (SSSR count). The highest BCUT2D eigenvalue weighted by atomic mass is 16.5. The van der Waals surface area contributed by atoms with E-state index in [0.29, 0.717) is 5.92 Å². The minimum atomic E-state index is 0.608. The zero-order chi connectivity index (χ0) is 17.5. The molecule has 0 amide bonds. The molecular weight excluding hydrogens is 316 g/mol. The third kappa shape index (κ3) is 5.09. The maximum Gasteiger partial charge on any atom is 0.193 e. The van der Waals surface area contributed by atoms with Crippen molar-refractivity contribution in [3.05, 3.63) is 29.8 Å². The first-order valence-corrected chi connectivity index (χ1v) is 9.17. The molecule has 1 aromatic rings. The number of rotatable bonds is 5. The number of morpholine rings is 1. The summed E-state index contributed by atoms with van der Waals surface area (Å²) in [5.41, 5.74) is 2.53. The lowest BCUT2D eigenvalue weighted by Crippen LogP contribution is -2.41. The zero-order valence-electron chi connectivity index (χ0n) is 15.4. The Bertz CT molecular complexity index is 549. The quantitative estimate of drug-likeness (QED) is 0.648. The SMILES string of the molecule is CN=C(NCc1ccc(N2CCOCC2)cc1)N(C)CC1CCOC1. The average molecular weight is 346 g/mol. The van der Waals surface area contributed by atoms with Crippen LogP contribution < -0.4 is 10.2 Å². The summed E-state index contributed by atoms with van der Waals surface area (Å²) in [7, 11) is 3.93. The van der Waals surface area contributed by atoms with Crippen LogP contribution in [-0.2, 0) is 16.0 Å². The summed E-state index contributed by atoms with van der Waals surface area (Å²) in [5.74, 6) is 1.54. The Labute approximate surface area is 150 Å². The molecule has 2 saturated heterocycles. The molecule has 2 aliphatic rings. The van der Waals surface area contributed by atoms with E-state index in [1.165, 1.54) is 11.3 Å². The van der Waals surface area contributed by atoms with E-state index < -0.39 is 0 Å². The fourth-order valence-corrected chi connectivity index (χ4v) is 3.41. The highest BCUT2D eigenvalue weighted by Crippen LogP contribution is 2.17. The number of nitrogens with one attached hydrogen (secondary N) is 1. The first kappa shape index (κ1) is 18.0. The minimum Gasteiger partial charge on any atom is -0.381 e. The predicted molar refractivity (Wildman–Crippen MR) is 101 cm³/mol. The molecule has 0 spiro atoms. The molecule has 2 aliphatic heterocycles. The van der Waals surface area contributed by atoms with Crippen molar-refractivity contribution in [2.45, 2.75) is 13.0 Å². The molecule has 1 unspecified atom stereocenters. The molecule has 0 aliphatic carbocycles. The number of anilines is 1. The van der Waals surface area contributed by atoms with Gasteiger partial charge in [-0.1, -0.05) is 12.1 Å². The van der Waals surface area contributed by atoms with Crippen molar-refractivity contribution in [2.24, 2.45) is 10.9 Å². The number of ether oxygens (including phenoxy) is 2. The van der Waals surface area contributed by atoms with Crippen LogP contribution in [0.15, 0.2) is 29.3 Å². The molecule has 1 aromatic carbocycles. The molecule has 0 saturated carbocycles. The van der Waals surface area contributed by atoms with Gasteiger partial charge in [-0.2, -0.15) is 0 Å². The summed E-state index contributed by atoms with van der Waals surface area (Å²) in [4.78, 5) is 8.97. The zero-order valence-corrected chi connectivity index (χ0v) is 15.4. The Morgan fingerprint density at radius 3 is 2.60 bits per heavy atom. The van der Waals surface area contributed by atoms with E-state index >= 15 is 0 Å². The van der Waals surface area contributed by atoms with Crippen molar-refractivity contribution in [2.75, 3.05) is 65.1 Å². The van der Waals surface area contributed by atoms with E-state index in [1.807, 2.05) is 7.05 Å². The molecule has 0 aromatic heterocycles. The van der Waals surface area contributed by atoms with Gasteiger partial charge >= 0.3 is 0 Å². The lowest BCUT2D eigenvalue weighted by atomic mass is 10.1. The van der Waals surface area contributed by atoms with Gasteiger partial charge in [0.25, 0.3) is 0 Å². The van der Waals surface area contributed by atoms with Gasteiger partial charge in [0.15, 0.2) is 5.96 Å². The number of hydrogen-bond acceptors (Lipinski definition) is 4. The van der Waals surface area contributed by atoms with Crippen LogP contribution in [0.4, 0.5) is 5.69 Å². The Balaban J connectivity index is 1.49. The molecule has 0 bridgehead atoms. The third-order valence-electron chi connectivity index (χ3n) is 4.89. The number of guanidine groups is 1. The van der Waals surface area contributed by atoms with E-state index in [0.717, 1.165) is 65.0 Å². The average Bonchev–Trinajstić information content (AvgIpc) is 3.16. The van der Waals surface area contributed by atoms with E-state index in [-0.39, 0.29) is 0 Å². The maximum absolute atomic E-state index is 5.46. The molecule has 0 radical (unpaired) electrons. The summed E-state index contributed by atoms with van der Waals surface area (Å²) in [5, 5.41) is 3.46.